The molecule has 0 unspecified atom stereocenters. The van der Waals surface area contributed by atoms with Crippen LogP contribution >= 0.6 is 0 Å². The molecule has 2 atom stereocenters. The van der Waals surface area contributed by atoms with Gasteiger partial charge in [-0.1, -0.05) is 48.5 Å². The summed E-state index contributed by atoms with van der Waals surface area (Å²) in [4.78, 5) is 13.4. The van der Waals surface area contributed by atoms with Crippen LogP contribution in [0.4, 0.5) is 0 Å². The highest BCUT2D eigenvalue weighted by Crippen LogP contribution is 2.45. The zero-order valence-electron chi connectivity index (χ0n) is 25.9. The summed E-state index contributed by atoms with van der Waals surface area (Å²) in [7, 11) is -2.42. The van der Waals surface area contributed by atoms with Crippen LogP contribution < -0.4 is 4.74 Å². The van der Waals surface area contributed by atoms with Crippen LogP contribution in [0.5, 0.6) is 5.75 Å². The largest absolute Gasteiger partial charge is 0.488 e. The maximum absolute atomic E-state index is 13.9. The Balaban J connectivity index is 1.63. The van der Waals surface area contributed by atoms with Gasteiger partial charge in [0.2, 0.25) is 10.0 Å². The van der Waals surface area contributed by atoms with Gasteiger partial charge in [0.05, 0.1) is 24.6 Å². The molecule has 2 heterocycles. The predicted octanol–water partition coefficient (Wildman–Crippen LogP) is 5.76. The van der Waals surface area contributed by atoms with E-state index in [1.54, 1.807) is 24.3 Å². The van der Waals surface area contributed by atoms with E-state index < -0.39 is 21.4 Å². The highest BCUT2D eigenvalue weighted by atomic mass is 32.2. The summed E-state index contributed by atoms with van der Waals surface area (Å²) in [5.74, 6) is -0.359. The number of sulfonamides is 1. The van der Waals surface area contributed by atoms with Crippen molar-refractivity contribution in [1.29, 1.82) is 0 Å². The molecule has 1 aromatic heterocycles. The molecular formula is C33H40N4O5S. The number of fused-ring (bicyclic) bond motifs is 2. The number of esters is 1. The number of carbonyl (C=O) groups is 1. The van der Waals surface area contributed by atoms with Crippen LogP contribution in [0.15, 0.2) is 59.5 Å². The number of methoxy groups -OCH3 is 1. The van der Waals surface area contributed by atoms with Crippen molar-refractivity contribution < 1.29 is 22.7 Å². The van der Waals surface area contributed by atoms with E-state index in [2.05, 4.69) is 10.3 Å². The second-order valence-corrected chi connectivity index (χ2v) is 13.7. The lowest BCUT2D eigenvalue weighted by Gasteiger charge is -2.34. The van der Waals surface area contributed by atoms with Gasteiger partial charge >= 0.3 is 5.97 Å². The van der Waals surface area contributed by atoms with Gasteiger partial charge in [-0.25, -0.2) is 13.1 Å². The second kappa shape index (κ2) is 11.7. The summed E-state index contributed by atoms with van der Waals surface area (Å²) in [5, 5.41) is 8.76. The van der Waals surface area contributed by atoms with Crippen molar-refractivity contribution in [2.45, 2.75) is 78.0 Å². The van der Waals surface area contributed by atoms with E-state index in [9.17, 15) is 13.2 Å². The number of ether oxygens (including phenoxy) is 2. The third-order valence-corrected chi connectivity index (χ3v) is 10.6. The Morgan fingerprint density at radius 1 is 1.12 bits per heavy atom. The van der Waals surface area contributed by atoms with Gasteiger partial charge in [0.15, 0.2) is 0 Å². The third kappa shape index (κ3) is 5.42. The van der Waals surface area contributed by atoms with Crippen LogP contribution in [-0.2, 0) is 32.6 Å². The summed E-state index contributed by atoms with van der Waals surface area (Å²) in [6, 6.07) is 16.9. The number of rotatable bonds is 8. The van der Waals surface area contributed by atoms with Crippen molar-refractivity contribution in [1.82, 2.24) is 19.3 Å². The van der Waals surface area contributed by atoms with Gasteiger partial charge in [0.25, 0.3) is 0 Å². The molecule has 1 aliphatic heterocycles. The summed E-state index contributed by atoms with van der Waals surface area (Å²) < 4.78 is 42.6. The molecule has 5 rings (SSSR count). The smallest absolute Gasteiger partial charge is 0.312 e. The maximum atomic E-state index is 13.9. The Kier molecular flexibility index (Phi) is 8.37. The lowest BCUT2D eigenvalue weighted by atomic mass is 9.69. The molecule has 228 valence electrons. The van der Waals surface area contributed by atoms with Crippen LogP contribution in [0, 0.1) is 19.3 Å². The summed E-state index contributed by atoms with van der Waals surface area (Å²) in [5.41, 5.74) is 5.36. The fourth-order valence-electron chi connectivity index (χ4n) is 6.13. The van der Waals surface area contributed by atoms with Crippen molar-refractivity contribution in [3.8, 4) is 5.75 Å². The van der Waals surface area contributed by atoms with Gasteiger partial charge in [0, 0.05) is 19.0 Å². The summed E-state index contributed by atoms with van der Waals surface area (Å²) in [6.45, 7) is 12.9. The SMILES string of the molecule is CC[C@@H]1CN(Cc2cc([C@@H](c3ccc4c(nnn4CC)c3C)C(C)(C)C(=O)OC)ccc2C)S(=O)(=O)c2ccccc2O1. The van der Waals surface area contributed by atoms with Crippen molar-refractivity contribution in [3.05, 3.63) is 82.4 Å². The number of hydrogen-bond acceptors (Lipinski definition) is 7. The fraction of sp³-hybridized carbons (Fsp3) is 0.424. The van der Waals surface area contributed by atoms with Crippen molar-refractivity contribution >= 4 is 27.0 Å². The van der Waals surface area contributed by atoms with Crippen molar-refractivity contribution in [2.75, 3.05) is 13.7 Å². The summed E-state index contributed by atoms with van der Waals surface area (Å²) >= 11 is 0. The Labute approximate surface area is 253 Å². The number of para-hydroxylation sites is 1. The lowest BCUT2D eigenvalue weighted by Crippen LogP contribution is -2.37. The Morgan fingerprint density at radius 3 is 2.56 bits per heavy atom. The molecular weight excluding hydrogens is 564 g/mol. The minimum atomic E-state index is -3.82. The highest BCUT2D eigenvalue weighted by Gasteiger charge is 2.41. The van der Waals surface area contributed by atoms with Crippen LogP contribution in [0.2, 0.25) is 0 Å². The van der Waals surface area contributed by atoms with Gasteiger partial charge < -0.3 is 9.47 Å². The number of benzene rings is 3. The minimum absolute atomic E-state index is 0.171. The molecule has 0 N–H and O–H groups in total. The zero-order valence-corrected chi connectivity index (χ0v) is 26.7. The molecule has 0 amide bonds. The van der Waals surface area contributed by atoms with Gasteiger partial charge in [-0.3, -0.25) is 4.79 Å². The van der Waals surface area contributed by atoms with Crippen LogP contribution in [0.1, 0.15) is 67.9 Å². The third-order valence-electron chi connectivity index (χ3n) is 8.70. The van der Waals surface area contributed by atoms with E-state index in [0.717, 1.165) is 38.9 Å². The quantitative estimate of drug-likeness (QED) is 0.236. The van der Waals surface area contributed by atoms with Crippen molar-refractivity contribution in [2.24, 2.45) is 5.41 Å². The maximum Gasteiger partial charge on any atom is 0.312 e. The van der Waals surface area contributed by atoms with Gasteiger partial charge in [-0.05, 0) is 87.1 Å². The molecule has 0 aliphatic carbocycles. The Morgan fingerprint density at radius 2 is 1.86 bits per heavy atom. The molecule has 0 bridgehead atoms. The molecule has 3 aromatic carbocycles. The second-order valence-electron chi connectivity index (χ2n) is 11.8. The molecule has 9 nitrogen and oxygen atoms in total. The van der Waals surface area contributed by atoms with Gasteiger partial charge in [-0.2, -0.15) is 4.31 Å². The molecule has 0 radical (unpaired) electrons. The average molecular weight is 605 g/mol. The van der Waals surface area contributed by atoms with E-state index in [4.69, 9.17) is 9.47 Å². The molecule has 43 heavy (non-hydrogen) atoms. The van der Waals surface area contributed by atoms with E-state index in [0.29, 0.717) is 18.7 Å². The fourth-order valence-corrected chi connectivity index (χ4v) is 7.70. The van der Waals surface area contributed by atoms with Gasteiger partial charge in [-0.15, -0.1) is 5.10 Å². The molecule has 10 heteroatoms. The lowest BCUT2D eigenvalue weighted by molar-refractivity contribution is -0.151. The molecule has 0 saturated heterocycles. The Hall–Kier alpha value is -3.76. The first-order chi connectivity index (χ1) is 20.4. The predicted molar refractivity (Wildman–Crippen MR) is 166 cm³/mol. The standard InChI is InChI=1S/C33H40N4O5S/c1-8-25-20-36(43(39,40)29-13-11-10-12-28(29)42-25)19-24-18-23(15-14-21(24)3)30(33(5,6)32(38)41-7)26-16-17-27-31(22(26)4)34-35-37(27)9-2/h10-18,25,30H,8-9,19-20H2,1-7H3/t25-,30+/m1/s1. The van der Waals surface area contributed by atoms with Crippen LogP contribution in [0.3, 0.4) is 0 Å². The number of nitrogens with zero attached hydrogens (tertiary/aromatic N) is 4. The molecule has 0 fully saturated rings. The molecule has 4 aromatic rings. The van der Waals surface area contributed by atoms with E-state index >= 15 is 0 Å². The number of aromatic nitrogens is 3. The van der Waals surface area contributed by atoms with E-state index in [-0.39, 0.29) is 30.1 Å². The van der Waals surface area contributed by atoms with Crippen LogP contribution in [0.25, 0.3) is 11.0 Å². The first-order valence-corrected chi connectivity index (χ1v) is 16.1. The number of hydrogen-bond donors (Lipinski definition) is 0. The number of aryl methyl sites for hydroxylation is 3. The number of carbonyl (C=O) groups excluding carboxylic acids is 1. The van der Waals surface area contributed by atoms with Gasteiger partial charge in [0.1, 0.15) is 22.3 Å². The van der Waals surface area contributed by atoms with Crippen LogP contribution in [-0.4, -0.2) is 53.4 Å². The minimum Gasteiger partial charge on any atom is -0.488 e. The topological polar surface area (TPSA) is 104 Å². The highest BCUT2D eigenvalue weighted by molar-refractivity contribution is 7.89. The normalized spacial score (nSPS) is 17.6. The monoisotopic (exact) mass is 604 g/mol. The zero-order chi connectivity index (χ0) is 31.1. The van der Waals surface area contributed by atoms with Crippen molar-refractivity contribution in [3.63, 3.8) is 0 Å². The molecule has 1 aliphatic rings. The van der Waals surface area contributed by atoms with E-state index in [1.807, 2.05) is 76.6 Å². The first kappa shape index (κ1) is 30.7. The summed E-state index contributed by atoms with van der Waals surface area (Å²) in [6.07, 6.45) is 0.387. The molecule has 0 saturated carbocycles. The molecule has 0 spiro atoms. The average Bonchev–Trinajstić information content (AvgIpc) is 3.38. The first-order valence-electron chi connectivity index (χ1n) is 14.7. The Bertz CT molecular complexity index is 1780. The van der Waals surface area contributed by atoms with E-state index in [1.165, 1.54) is 11.4 Å².